The predicted molar refractivity (Wildman–Crippen MR) is 141 cm³/mol. The van der Waals surface area contributed by atoms with Gasteiger partial charge in [-0.25, -0.2) is 0 Å². The number of benzene rings is 3. The molecule has 0 saturated carbocycles. The molecule has 0 N–H and O–H groups in total. The lowest BCUT2D eigenvalue weighted by Gasteiger charge is -2.06. The van der Waals surface area contributed by atoms with E-state index in [4.69, 9.17) is 9.47 Å². The summed E-state index contributed by atoms with van der Waals surface area (Å²) >= 11 is 0. The third-order valence-electron chi connectivity index (χ3n) is 5.48. The summed E-state index contributed by atoms with van der Waals surface area (Å²) in [5.74, 6) is 0.229. The molecule has 0 fully saturated rings. The van der Waals surface area contributed by atoms with Crippen molar-refractivity contribution in [2.75, 3.05) is 6.61 Å². The Labute approximate surface area is 207 Å². The summed E-state index contributed by atoms with van der Waals surface area (Å²) in [5, 5.41) is 0. The smallest absolute Gasteiger partial charge is 0.311 e. The molecule has 0 atom stereocenters. The molecule has 3 rings (SSSR count). The minimum atomic E-state index is -0.231. The SMILES string of the molecule is CC(=COCCCCCCC(=O)Oc1ccc(C=CC(=O)c2ccccc2)cc1)c1ccccc1. The van der Waals surface area contributed by atoms with Crippen LogP contribution in [0.3, 0.4) is 0 Å². The van der Waals surface area contributed by atoms with E-state index in [1.54, 1.807) is 36.4 Å². The van der Waals surface area contributed by atoms with E-state index >= 15 is 0 Å². The predicted octanol–water partition coefficient (Wildman–Crippen LogP) is 7.52. The van der Waals surface area contributed by atoms with Gasteiger partial charge >= 0.3 is 5.97 Å². The van der Waals surface area contributed by atoms with Gasteiger partial charge in [-0.1, -0.05) is 91.7 Å². The second-order valence-corrected chi connectivity index (χ2v) is 8.31. The average molecular weight is 469 g/mol. The van der Waals surface area contributed by atoms with Gasteiger partial charge in [-0.15, -0.1) is 0 Å². The fraction of sp³-hybridized carbons (Fsp3) is 0.226. The van der Waals surface area contributed by atoms with E-state index in [1.165, 1.54) is 0 Å². The number of unbranched alkanes of at least 4 members (excludes halogenated alkanes) is 3. The molecule has 0 radical (unpaired) electrons. The van der Waals surface area contributed by atoms with Gasteiger partial charge in [0.2, 0.25) is 0 Å². The van der Waals surface area contributed by atoms with Gasteiger partial charge in [-0.05, 0) is 54.7 Å². The van der Waals surface area contributed by atoms with Crippen molar-refractivity contribution in [3.8, 4) is 5.75 Å². The molecule has 0 bridgehead atoms. The van der Waals surface area contributed by atoms with Crippen LogP contribution in [-0.2, 0) is 9.53 Å². The van der Waals surface area contributed by atoms with E-state index in [9.17, 15) is 9.59 Å². The molecule has 0 saturated heterocycles. The molecule has 0 unspecified atom stereocenters. The zero-order chi connectivity index (χ0) is 24.7. The Hall–Kier alpha value is -3.92. The molecule has 0 heterocycles. The maximum atomic E-state index is 12.1. The lowest BCUT2D eigenvalue weighted by molar-refractivity contribution is -0.134. The van der Waals surface area contributed by atoms with Crippen LogP contribution in [0.25, 0.3) is 11.6 Å². The van der Waals surface area contributed by atoms with Gasteiger partial charge in [-0.3, -0.25) is 9.59 Å². The Morgan fingerprint density at radius 3 is 2.06 bits per heavy atom. The summed E-state index contributed by atoms with van der Waals surface area (Å²) in [6.07, 6.45) is 9.21. The number of ether oxygens (including phenoxy) is 2. The molecule has 3 aromatic rings. The number of hydrogen-bond donors (Lipinski definition) is 0. The fourth-order valence-corrected chi connectivity index (χ4v) is 3.46. The highest BCUT2D eigenvalue weighted by molar-refractivity contribution is 6.06. The van der Waals surface area contributed by atoms with Crippen molar-refractivity contribution in [1.82, 2.24) is 0 Å². The van der Waals surface area contributed by atoms with Crippen molar-refractivity contribution in [2.24, 2.45) is 0 Å². The summed E-state index contributed by atoms with van der Waals surface area (Å²) < 4.78 is 11.1. The van der Waals surface area contributed by atoms with Gasteiger partial charge in [0, 0.05) is 12.0 Å². The lowest BCUT2D eigenvalue weighted by Crippen LogP contribution is -2.07. The summed E-state index contributed by atoms with van der Waals surface area (Å²) in [6, 6.07) is 26.4. The summed E-state index contributed by atoms with van der Waals surface area (Å²) in [7, 11) is 0. The Morgan fingerprint density at radius 2 is 1.37 bits per heavy atom. The van der Waals surface area contributed by atoms with Gasteiger partial charge in [0.1, 0.15) is 5.75 Å². The lowest BCUT2D eigenvalue weighted by atomic mass is 10.1. The Morgan fingerprint density at radius 1 is 0.743 bits per heavy atom. The Kier molecular flexibility index (Phi) is 10.5. The molecule has 3 aromatic carbocycles. The first-order valence-corrected chi connectivity index (χ1v) is 12.0. The van der Waals surface area contributed by atoms with Crippen LogP contribution in [-0.4, -0.2) is 18.4 Å². The van der Waals surface area contributed by atoms with Crippen LogP contribution in [0.1, 0.15) is 60.5 Å². The zero-order valence-corrected chi connectivity index (χ0v) is 20.2. The van der Waals surface area contributed by atoms with Crippen molar-refractivity contribution in [1.29, 1.82) is 0 Å². The van der Waals surface area contributed by atoms with Gasteiger partial charge < -0.3 is 9.47 Å². The number of carbonyl (C=O) groups excluding carboxylic acids is 2. The van der Waals surface area contributed by atoms with Crippen LogP contribution in [0.5, 0.6) is 5.75 Å². The molecular formula is C31H32O4. The van der Waals surface area contributed by atoms with E-state index in [1.807, 2.05) is 61.7 Å². The van der Waals surface area contributed by atoms with Crippen molar-refractivity contribution < 1.29 is 19.1 Å². The number of ketones is 1. The van der Waals surface area contributed by atoms with Gasteiger partial charge in [0.15, 0.2) is 5.78 Å². The molecule has 0 spiro atoms. The summed E-state index contributed by atoms with van der Waals surface area (Å²) in [6.45, 7) is 2.71. The highest BCUT2D eigenvalue weighted by Crippen LogP contribution is 2.16. The monoisotopic (exact) mass is 468 g/mol. The minimum Gasteiger partial charge on any atom is -0.501 e. The van der Waals surface area contributed by atoms with Crippen LogP contribution in [0.4, 0.5) is 0 Å². The second-order valence-electron chi connectivity index (χ2n) is 8.31. The van der Waals surface area contributed by atoms with E-state index in [-0.39, 0.29) is 11.8 Å². The molecular weight excluding hydrogens is 436 g/mol. The highest BCUT2D eigenvalue weighted by atomic mass is 16.5. The number of allylic oxidation sites excluding steroid dienone is 2. The quantitative estimate of drug-likeness (QED) is 0.0650. The van der Waals surface area contributed by atoms with Crippen LogP contribution in [0, 0.1) is 0 Å². The third kappa shape index (κ3) is 9.46. The van der Waals surface area contributed by atoms with Crippen LogP contribution >= 0.6 is 0 Å². The van der Waals surface area contributed by atoms with Gasteiger partial charge in [0.25, 0.3) is 0 Å². The van der Waals surface area contributed by atoms with Crippen molar-refractivity contribution in [3.63, 3.8) is 0 Å². The van der Waals surface area contributed by atoms with Gasteiger partial charge in [0.05, 0.1) is 12.9 Å². The Balaban J connectivity index is 1.28. The van der Waals surface area contributed by atoms with Gasteiger partial charge in [-0.2, -0.15) is 0 Å². The molecule has 0 aromatic heterocycles. The van der Waals surface area contributed by atoms with Crippen LogP contribution < -0.4 is 4.74 Å². The number of carbonyl (C=O) groups is 2. The fourth-order valence-electron chi connectivity index (χ4n) is 3.46. The first-order valence-electron chi connectivity index (χ1n) is 12.0. The molecule has 0 aliphatic heterocycles. The number of rotatable bonds is 13. The molecule has 180 valence electrons. The third-order valence-corrected chi connectivity index (χ3v) is 5.48. The van der Waals surface area contributed by atoms with Crippen LogP contribution in [0.2, 0.25) is 0 Å². The first kappa shape index (κ1) is 25.7. The normalized spacial score (nSPS) is 11.4. The second kappa shape index (κ2) is 14.4. The van der Waals surface area contributed by atoms with Crippen molar-refractivity contribution in [3.05, 3.63) is 114 Å². The molecule has 0 amide bonds. The topological polar surface area (TPSA) is 52.6 Å². The summed E-state index contributed by atoms with van der Waals surface area (Å²) in [5.41, 5.74) is 3.79. The zero-order valence-electron chi connectivity index (χ0n) is 20.2. The van der Waals surface area contributed by atoms with E-state index in [0.717, 1.165) is 42.4 Å². The highest BCUT2D eigenvalue weighted by Gasteiger charge is 2.05. The maximum absolute atomic E-state index is 12.1. The maximum Gasteiger partial charge on any atom is 0.311 e. The van der Waals surface area contributed by atoms with E-state index in [0.29, 0.717) is 24.3 Å². The van der Waals surface area contributed by atoms with E-state index < -0.39 is 0 Å². The molecule has 0 aliphatic rings. The summed E-state index contributed by atoms with van der Waals surface area (Å²) in [4.78, 5) is 24.2. The minimum absolute atomic E-state index is 0.0496. The Bertz CT molecular complexity index is 1110. The van der Waals surface area contributed by atoms with Crippen molar-refractivity contribution in [2.45, 2.75) is 39.0 Å². The van der Waals surface area contributed by atoms with Crippen LogP contribution in [0.15, 0.2) is 97.3 Å². The van der Waals surface area contributed by atoms with E-state index in [2.05, 4.69) is 12.1 Å². The van der Waals surface area contributed by atoms with Crippen molar-refractivity contribution >= 4 is 23.4 Å². The molecule has 35 heavy (non-hydrogen) atoms. The largest absolute Gasteiger partial charge is 0.501 e. The average Bonchev–Trinajstić information content (AvgIpc) is 2.90. The molecule has 4 nitrogen and oxygen atoms in total. The standard InChI is InChI=1S/C31H32O4/c1-25(27-12-6-4-7-13-27)24-34-23-11-3-2-10-16-31(33)35-29-20-17-26(18-21-29)19-22-30(32)28-14-8-5-9-15-28/h4-9,12-15,17-22,24H,2-3,10-11,16,23H2,1H3. The molecule has 4 heteroatoms. The number of hydrogen-bond acceptors (Lipinski definition) is 4. The first-order chi connectivity index (χ1) is 17.1. The molecule has 0 aliphatic carbocycles. The number of esters is 1.